The summed E-state index contributed by atoms with van der Waals surface area (Å²) in [5.41, 5.74) is 13.1. The predicted octanol–water partition coefficient (Wildman–Crippen LogP) is 3.23. The summed E-state index contributed by atoms with van der Waals surface area (Å²) in [5.74, 6) is 0.331. The summed E-state index contributed by atoms with van der Waals surface area (Å²) in [5, 5.41) is 9.98. The number of hydrogen-bond acceptors (Lipinski definition) is 5. The van der Waals surface area contributed by atoms with Crippen molar-refractivity contribution in [2.75, 3.05) is 24.6 Å². The van der Waals surface area contributed by atoms with Crippen LogP contribution in [0.1, 0.15) is 32.3 Å². The molecule has 0 bridgehead atoms. The second-order valence-corrected chi connectivity index (χ2v) is 9.08. The molecule has 0 atom stereocenters. The van der Waals surface area contributed by atoms with Crippen molar-refractivity contribution in [3.05, 3.63) is 48.0 Å². The van der Waals surface area contributed by atoms with E-state index in [0.29, 0.717) is 37.3 Å². The molecule has 0 aliphatic heterocycles. The van der Waals surface area contributed by atoms with Crippen LogP contribution in [0.2, 0.25) is 0 Å². The maximum atomic E-state index is 13.0. The Kier molecular flexibility index (Phi) is 7.10. The molecule has 0 aromatic heterocycles. The van der Waals surface area contributed by atoms with E-state index in [4.69, 9.17) is 11.5 Å². The molecule has 0 saturated heterocycles. The maximum Gasteiger partial charge on any atom is 0.243 e. The molecule has 0 spiro atoms. The van der Waals surface area contributed by atoms with Crippen LogP contribution < -0.4 is 11.5 Å². The SMILES string of the molecule is CC(C)CN(CCCCc1cccc(N)c1O)S(=O)(=O)c1ccc(N)cc1. The number of phenols is 1. The molecule has 148 valence electrons. The summed E-state index contributed by atoms with van der Waals surface area (Å²) in [6.45, 7) is 4.87. The van der Waals surface area contributed by atoms with Crippen molar-refractivity contribution in [3.63, 3.8) is 0 Å². The van der Waals surface area contributed by atoms with Gasteiger partial charge in [-0.2, -0.15) is 4.31 Å². The Balaban J connectivity index is 2.04. The number of rotatable bonds is 9. The van der Waals surface area contributed by atoms with Crippen molar-refractivity contribution in [1.29, 1.82) is 0 Å². The van der Waals surface area contributed by atoms with Crippen LogP contribution >= 0.6 is 0 Å². The van der Waals surface area contributed by atoms with Crippen LogP contribution in [-0.2, 0) is 16.4 Å². The van der Waals surface area contributed by atoms with Gasteiger partial charge in [0.15, 0.2) is 0 Å². The number of aryl methyl sites for hydroxylation is 1. The highest BCUT2D eigenvalue weighted by molar-refractivity contribution is 7.89. The number of benzene rings is 2. The minimum atomic E-state index is -3.56. The summed E-state index contributed by atoms with van der Waals surface area (Å²) in [4.78, 5) is 0.255. The van der Waals surface area contributed by atoms with Gasteiger partial charge in [-0.05, 0) is 61.1 Å². The lowest BCUT2D eigenvalue weighted by molar-refractivity contribution is 0.359. The van der Waals surface area contributed by atoms with Gasteiger partial charge in [0.25, 0.3) is 0 Å². The molecule has 0 unspecified atom stereocenters. The lowest BCUT2D eigenvalue weighted by Gasteiger charge is -2.24. The second kappa shape index (κ2) is 9.10. The van der Waals surface area contributed by atoms with Gasteiger partial charge >= 0.3 is 0 Å². The molecule has 6 nitrogen and oxygen atoms in total. The molecule has 2 aromatic rings. The van der Waals surface area contributed by atoms with Crippen molar-refractivity contribution in [2.24, 2.45) is 5.92 Å². The maximum absolute atomic E-state index is 13.0. The molecule has 2 aromatic carbocycles. The van der Waals surface area contributed by atoms with E-state index in [1.54, 1.807) is 36.4 Å². The first-order valence-electron chi connectivity index (χ1n) is 9.14. The van der Waals surface area contributed by atoms with Crippen LogP contribution in [0.5, 0.6) is 5.75 Å². The van der Waals surface area contributed by atoms with Crippen molar-refractivity contribution < 1.29 is 13.5 Å². The van der Waals surface area contributed by atoms with Crippen molar-refractivity contribution >= 4 is 21.4 Å². The van der Waals surface area contributed by atoms with Crippen molar-refractivity contribution in [1.82, 2.24) is 4.31 Å². The quantitative estimate of drug-likeness (QED) is 0.345. The van der Waals surface area contributed by atoms with E-state index in [0.717, 1.165) is 12.0 Å². The molecule has 7 heteroatoms. The number of nitrogens with two attached hydrogens (primary N) is 2. The molecule has 5 N–H and O–H groups in total. The molecule has 0 aliphatic carbocycles. The van der Waals surface area contributed by atoms with Gasteiger partial charge in [-0.3, -0.25) is 0 Å². The standard InChI is InChI=1S/C20H29N3O3S/c1-15(2)14-23(27(25,26)18-11-9-17(21)10-12-18)13-4-3-6-16-7-5-8-19(22)20(16)24/h5,7-12,15,24H,3-4,6,13-14,21-22H2,1-2H3. The zero-order chi connectivity index (χ0) is 20.0. The van der Waals surface area contributed by atoms with Gasteiger partial charge in [0, 0.05) is 18.8 Å². The second-order valence-electron chi connectivity index (χ2n) is 7.14. The Morgan fingerprint density at radius 2 is 1.70 bits per heavy atom. The van der Waals surface area contributed by atoms with E-state index in [1.165, 1.54) is 4.31 Å². The van der Waals surface area contributed by atoms with Crippen LogP contribution in [0.4, 0.5) is 11.4 Å². The molecule has 0 aliphatic rings. The van der Waals surface area contributed by atoms with Crippen molar-refractivity contribution in [3.8, 4) is 5.75 Å². The summed E-state index contributed by atoms with van der Waals surface area (Å²) in [7, 11) is -3.56. The summed E-state index contributed by atoms with van der Waals surface area (Å²) in [6.07, 6.45) is 2.09. The summed E-state index contributed by atoms with van der Waals surface area (Å²) >= 11 is 0. The minimum absolute atomic E-state index is 0.117. The Labute approximate surface area is 161 Å². The van der Waals surface area contributed by atoms with E-state index in [1.807, 2.05) is 19.9 Å². The molecule has 0 amide bonds. The zero-order valence-corrected chi connectivity index (χ0v) is 16.7. The van der Waals surface area contributed by atoms with Gasteiger partial charge in [-0.15, -0.1) is 0 Å². The van der Waals surface area contributed by atoms with Gasteiger partial charge in [-0.25, -0.2) is 8.42 Å². The first-order valence-corrected chi connectivity index (χ1v) is 10.6. The van der Waals surface area contributed by atoms with Gasteiger partial charge in [-0.1, -0.05) is 26.0 Å². The number of phenolic OH excluding ortho intramolecular Hbond substituents is 1. The normalized spacial score (nSPS) is 12.0. The van der Waals surface area contributed by atoms with Crippen LogP contribution in [0, 0.1) is 5.92 Å². The lowest BCUT2D eigenvalue weighted by Crippen LogP contribution is -2.35. The third-order valence-corrected chi connectivity index (χ3v) is 6.22. The number of para-hydroxylation sites is 1. The zero-order valence-electron chi connectivity index (χ0n) is 15.9. The Morgan fingerprint density at radius 3 is 2.33 bits per heavy atom. The molecule has 0 fully saturated rings. The number of anilines is 2. The first-order chi connectivity index (χ1) is 12.7. The topological polar surface area (TPSA) is 110 Å². The first kappa shape index (κ1) is 21.1. The third kappa shape index (κ3) is 5.61. The van der Waals surface area contributed by atoms with Crippen LogP contribution in [0.15, 0.2) is 47.4 Å². The van der Waals surface area contributed by atoms with E-state index in [2.05, 4.69) is 0 Å². The number of sulfonamides is 1. The van der Waals surface area contributed by atoms with Crippen LogP contribution in [0.25, 0.3) is 0 Å². The fourth-order valence-electron chi connectivity index (χ4n) is 2.92. The minimum Gasteiger partial charge on any atom is -0.506 e. The van der Waals surface area contributed by atoms with E-state index in [9.17, 15) is 13.5 Å². The number of unbranched alkanes of at least 4 members (excludes halogenated alkanes) is 1. The average Bonchev–Trinajstić information content (AvgIpc) is 2.61. The number of nitrogens with zero attached hydrogens (tertiary/aromatic N) is 1. The number of hydrogen-bond donors (Lipinski definition) is 3. The van der Waals surface area contributed by atoms with E-state index < -0.39 is 10.0 Å². The largest absolute Gasteiger partial charge is 0.506 e. The smallest absolute Gasteiger partial charge is 0.243 e. The van der Waals surface area contributed by atoms with Crippen LogP contribution in [-0.4, -0.2) is 30.9 Å². The summed E-state index contributed by atoms with van der Waals surface area (Å²) < 4.78 is 27.5. The predicted molar refractivity (Wildman–Crippen MR) is 110 cm³/mol. The highest BCUT2D eigenvalue weighted by Crippen LogP contribution is 2.26. The highest BCUT2D eigenvalue weighted by atomic mass is 32.2. The third-order valence-electron chi connectivity index (χ3n) is 4.34. The average molecular weight is 392 g/mol. The Bertz CT molecular complexity index is 849. The van der Waals surface area contributed by atoms with E-state index in [-0.39, 0.29) is 16.6 Å². The van der Waals surface area contributed by atoms with Crippen molar-refractivity contribution in [2.45, 2.75) is 38.0 Å². The highest BCUT2D eigenvalue weighted by Gasteiger charge is 2.24. The Hall–Kier alpha value is -2.25. The monoisotopic (exact) mass is 391 g/mol. The molecular formula is C20H29N3O3S. The molecule has 2 rings (SSSR count). The van der Waals surface area contributed by atoms with Gasteiger partial charge in [0.05, 0.1) is 10.6 Å². The molecule has 0 heterocycles. The Morgan fingerprint density at radius 1 is 1.04 bits per heavy atom. The van der Waals surface area contributed by atoms with Gasteiger partial charge in [0.2, 0.25) is 10.0 Å². The molecule has 0 saturated carbocycles. The van der Waals surface area contributed by atoms with E-state index >= 15 is 0 Å². The molecule has 27 heavy (non-hydrogen) atoms. The number of aromatic hydroxyl groups is 1. The lowest BCUT2D eigenvalue weighted by atomic mass is 10.1. The number of nitrogen functional groups attached to an aromatic ring is 2. The van der Waals surface area contributed by atoms with Crippen LogP contribution in [0.3, 0.4) is 0 Å². The molecule has 0 radical (unpaired) electrons. The summed E-state index contributed by atoms with van der Waals surface area (Å²) in [6, 6.07) is 11.6. The molecular weight excluding hydrogens is 362 g/mol. The fraction of sp³-hybridized carbons (Fsp3) is 0.400. The van der Waals surface area contributed by atoms with Gasteiger partial charge < -0.3 is 16.6 Å². The fourth-order valence-corrected chi connectivity index (χ4v) is 4.56. The van der Waals surface area contributed by atoms with Gasteiger partial charge in [0.1, 0.15) is 5.75 Å².